The van der Waals surface area contributed by atoms with Crippen molar-refractivity contribution in [3.05, 3.63) is 42.5 Å². The fourth-order valence-electron chi connectivity index (χ4n) is 2.80. The zero-order valence-electron chi connectivity index (χ0n) is 13.3. The number of aliphatic carboxylic acids is 1. The molecule has 0 aromatic heterocycles. The van der Waals surface area contributed by atoms with Crippen molar-refractivity contribution in [2.75, 3.05) is 18.0 Å². The number of fused-ring (bicyclic) bond motifs is 1. The van der Waals surface area contributed by atoms with Crippen molar-refractivity contribution in [3.8, 4) is 0 Å². The second kappa shape index (κ2) is 8.42. The summed E-state index contributed by atoms with van der Waals surface area (Å²) in [7, 11) is 0. The van der Waals surface area contributed by atoms with Gasteiger partial charge in [-0.2, -0.15) is 0 Å². The summed E-state index contributed by atoms with van der Waals surface area (Å²) in [4.78, 5) is 13.2. The summed E-state index contributed by atoms with van der Waals surface area (Å²) in [5.41, 5.74) is 1.15. The highest BCUT2D eigenvalue weighted by Gasteiger charge is 2.11. The lowest BCUT2D eigenvalue weighted by molar-refractivity contribution is -0.136. The van der Waals surface area contributed by atoms with E-state index in [0.717, 1.165) is 18.7 Å². The molecular formula is C19H25NO2. The fraction of sp³-hybridized carbons (Fsp3) is 0.421. The number of benzene rings is 2. The standard InChI is InChI=1S/C19H25NO2/c1-2-3-4-7-14-20(15-13-19(21)22)18-12-8-10-16-9-5-6-11-17(16)18/h5-6,8-12H,2-4,7,13-15H2,1H3,(H,21,22). The lowest BCUT2D eigenvalue weighted by Crippen LogP contribution is -2.27. The Bertz CT molecular complexity index is 604. The lowest BCUT2D eigenvalue weighted by atomic mass is 10.1. The summed E-state index contributed by atoms with van der Waals surface area (Å²) in [6.45, 7) is 3.68. The molecule has 0 aliphatic carbocycles. The predicted octanol–water partition coefficient (Wildman–Crippen LogP) is 4.70. The minimum Gasteiger partial charge on any atom is -0.481 e. The molecule has 0 heterocycles. The normalized spacial score (nSPS) is 10.8. The van der Waals surface area contributed by atoms with E-state index >= 15 is 0 Å². The number of carbonyl (C=O) groups is 1. The summed E-state index contributed by atoms with van der Waals surface area (Å²) in [5, 5.41) is 11.4. The summed E-state index contributed by atoms with van der Waals surface area (Å²) in [5.74, 6) is -0.737. The van der Waals surface area contributed by atoms with Crippen molar-refractivity contribution in [3.63, 3.8) is 0 Å². The van der Waals surface area contributed by atoms with Gasteiger partial charge in [-0.15, -0.1) is 0 Å². The maximum Gasteiger partial charge on any atom is 0.305 e. The first-order valence-electron chi connectivity index (χ1n) is 8.17. The minimum absolute atomic E-state index is 0.178. The monoisotopic (exact) mass is 299 g/mol. The van der Waals surface area contributed by atoms with E-state index in [-0.39, 0.29) is 6.42 Å². The van der Waals surface area contributed by atoms with Crippen LogP contribution in [0.4, 0.5) is 5.69 Å². The zero-order chi connectivity index (χ0) is 15.8. The lowest BCUT2D eigenvalue weighted by Gasteiger charge is -2.26. The van der Waals surface area contributed by atoms with Crippen LogP contribution in [0.25, 0.3) is 10.8 Å². The summed E-state index contributed by atoms with van der Waals surface area (Å²) in [6.07, 6.45) is 4.93. The Kier molecular flexibility index (Phi) is 6.26. The third-order valence-corrected chi connectivity index (χ3v) is 3.98. The van der Waals surface area contributed by atoms with Gasteiger partial charge in [-0.05, 0) is 17.9 Å². The van der Waals surface area contributed by atoms with Crippen LogP contribution in [0.2, 0.25) is 0 Å². The van der Waals surface area contributed by atoms with Gasteiger partial charge in [-0.25, -0.2) is 0 Å². The number of hydrogen-bond donors (Lipinski definition) is 1. The van der Waals surface area contributed by atoms with Crippen LogP contribution < -0.4 is 4.90 Å². The van der Waals surface area contributed by atoms with E-state index in [1.807, 2.05) is 12.1 Å². The van der Waals surface area contributed by atoms with Gasteiger partial charge in [0.05, 0.1) is 6.42 Å². The van der Waals surface area contributed by atoms with Crippen LogP contribution in [0.3, 0.4) is 0 Å². The quantitative estimate of drug-likeness (QED) is 0.682. The number of nitrogens with zero attached hydrogens (tertiary/aromatic N) is 1. The Hall–Kier alpha value is -2.03. The Balaban J connectivity index is 2.19. The first kappa shape index (κ1) is 16.3. The molecule has 0 aliphatic heterocycles. The molecule has 3 heteroatoms. The first-order valence-corrected chi connectivity index (χ1v) is 8.17. The Labute approximate surface area is 132 Å². The van der Waals surface area contributed by atoms with Gasteiger partial charge in [-0.3, -0.25) is 4.79 Å². The van der Waals surface area contributed by atoms with E-state index in [1.54, 1.807) is 0 Å². The van der Waals surface area contributed by atoms with Crippen LogP contribution in [0.5, 0.6) is 0 Å². The van der Waals surface area contributed by atoms with Crippen LogP contribution in [0.15, 0.2) is 42.5 Å². The highest BCUT2D eigenvalue weighted by atomic mass is 16.4. The number of carboxylic acids is 1. The molecule has 0 aliphatic rings. The second-order valence-corrected chi connectivity index (χ2v) is 5.69. The molecule has 0 unspecified atom stereocenters. The van der Waals surface area contributed by atoms with E-state index < -0.39 is 5.97 Å². The van der Waals surface area contributed by atoms with Gasteiger partial charge in [0.15, 0.2) is 0 Å². The van der Waals surface area contributed by atoms with Crippen molar-refractivity contribution in [2.24, 2.45) is 0 Å². The van der Waals surface area contributed by atoms with E-state index in [2.05, 4.69) is 42.2 Å². The number of hydrogen-bond acceptors (Lipinski definition) is 2. The molecule has 0 bridgehead atoms. The first-order chi connectivity index (χ1) is 10.7. The Morgan fingerprint density at radius 2 is 1.77 bits per heavy atom. The fourth-order valence-corrected chi connectivity index (χ4v) is 2.80. The number of carboxylic acid groups (broad SMARTS) is 1. The molecule has 0 amide bonds. The highest BCUT2D eigenvalue weighted by Crippen LogP contribution is 2.27. The molecule has 0 spiro atoms. The molecule has 3 nitrogen and oxygen atoms in total. The van der Waals surface area contributed by atoms with Crippen LogP contribution in [0, 0.1) is 0 Å². The molecule has 0 saturated carbocycles. The molecule has 0 fully saturated rings. The third kappa shape index (κ3) is 4.48. The molecule has 0 radical (unpaired) electrons. The topological polar surface area (TPSA) is 40.5 Å². The van der Waals surface area contributed by atoms with Crippen molar-refractivity contribution in [1.82, 2.24) is 0 Å². The maximum atomic E-state index is 10.9. The number of anilines is 1. The average molecular weight is 299 g/mol. The minimum atomic E-state index is -0.737. The maximum absolute atomic E-state index is 10.9. The van der Waals surface area contributed by atoms with E-state index in [4.69, 9.17) is 5.11 Å². The van der Waals surface area contributed by atoms with Gasteiger partial charge in [0.1, 0.15) is 0 Å². The van der Waals surface area contributed by atoms with Gasteiger partial charge in [0.2, 0.25) is 0 Å². The SMILES string of the molecule is CCCCCCN(CCC(=O)O)c1cccc2ccccc12. The van der Waals surface area contributed by atoms with Crippen LogP contribution >= 0.6 is 0 Å². The van der Waals surface area contributed by atoms with Crippen LogP contribution in [-0.2, 0) is 4.79 Å². The van der Waals surface area contributed by atoms with Crippen LogP contribution in [0.1, 0.15) is 39.0 Å². The molecule has 2 aromatic rings. The van der Waals surface area contributed by atoms with E-state index in [1.165, 1.54) is 30.0 Å². The Morgan fingerprint density at radius 1 is 1.00 bits per heavy atom. The summed E-state index contributed by atoms with van der Waals surface area (Å²) >= 11 is 0. The number of rotatable bonds is 9. The van der Waals surface area contributed by atoms with Crippen LogP contribution in [-0.4, -0.2) is 24.2 Å². The molecule has 2 aromatic carbocycles. The largest absolute Gasteiger partial charge is 0.481 e. The molecule has 118 valence electrons. The van der Waals surface area contributed by atoms with Crippen molar-refractivity contribution in [1.29, 1.82) is 0 Å². The smallest absolute Gasteiger partial charge is 0.305 e. The van der Waals surface area contributed by atoms with Crippen molar-refractivity contribution < 1.29 is 9.90 Å². The summed E-state index contributed by atoms with van der Waals surface area (Å²) < 4.78 is 0. The molecule has 22 heavy (non-hydrogen) atoms. The average Bonchev–Trinajstić information content (AvgIpc) is 2.53. The molecular weight excluding hydrogens is 274 g/mol. The van der Waals surface area contributed by atoms with E-state index in [9.17, 15) is 4.79 Å². The van der Waals surface area contributed by atoms with Crippen molar-refractivity contribution >= 4 is 22.4 Å². The highest BCUT2D eigenvalue weighted by molar-refractivity contribution is 5.94. The third-order valence-electron chi connectivity index (χ3n) is 3.98. The second-order valence-electron chi connectivity index (χ2n) is 5.69. The van der Waals surface area contributed by atoms with Gasteiger partial charge in [0.25, 0.3) is 0 Å². The molecule has 2 rings (SSSR count). The van der Waals surface area contributed by atoms with Gasteiger partial charge in [0, 0.05) is 24.2 Å². The zero-order valence-corrected chi connectivity index (χ0v) is 13.3. The number of unbranched alkanes of at least 4 members (excludes halogenated alkanes) is 3. The van der Waals surface area contributed by atoms with Gasteiger partial charge in [-0.1, -0.05) is 62.6 Å². The van der Waals surface area contributed by atoms with Crippen molar-refractivity contribution in [2.45, 2.75) is 39.0 Å². The predicted molar refractivity (Wildman–Crippen MR) is 92.6 cm³/mol. The molecule has 0 atom stereocenters. The summed E-state index contributed by atoms with van der Waals surface area (Å²) in [6, 6.07) is 14.6. The Morgan fingerprint density at radius 3 is 2.55 bits per heavy atom. The molecule has 0 saturated heterocycles. The van der Waals surface area contributed by atoms with E-state index in [0.29, 0.717) is 6.54 Å². The van der Waals surface area contributed by atoms with Gasteiger partial charge < -0.3 is 10.0 Å². The molecule has 1 N–H and O–H groups in total. The van der Waals surface area contributed by atoms with Gasteiger partial charge >= 0.3 is 5.97 Å².